The zero-order valence-electron chi connectivity index (χ0n) is 12.7. The molecule has 1 aliphatic heterocycles. The van der Waals surface area contributed by atoms with E-state index in [-0.39, 0.29) is 18.0 Å². The van der Waals surface area contributed by atoms with Gasteiger partial charge in [0.05, 0.1) is 15.9 Å². The van der Waals surface area contributed by atoms with Gasteiger partial charge < -0.3 is 10.6 Å². The molecule has 0 aliphatic carbocycles. The first-order valence-corrected chi connectivity index (χ1v) is 8.12. The lowest BCUT2D eigenvalue weighted by atomic mass is 10.2. The normalized spacial score (nSPS) is 15.9. The number of nitrogens with zero attached hydrogens (tertiary/aromatic N) is 1. The number of nitro groups is 1. The molecule has 0 radical (unpaired) electrons. The molecule has 25 heavy (non-hydrogen) atoms. The van der Waals surface area contributed by atoms with Crippen molar-refractivity contribution in [2.24, 2.45) is 0 Å². The summed E-state index contributed by atoms with van der Waals surface area (Å²) in [4.78, 5) is 34.9. The molecule has 0 fully saturated rings. The Balaban J connectivity index is 1.68. The van der Waals surface area contributed by atoms with Gasteiger partial charge in [0.25, 0.3) is 0 Å². The minimum absolute atomic E-state index is 0.0970. The van der Waals surface area contributed by atoms with E-state index in [0.717, 1.165) is 17.0 Å². The monoisotopic (exact) mass is 361 g/mol. The first-order valence-electron chi connectivity index (χ1n) is 7.24. The molecule has 1 aliphatic rings. The van der Waals surface area contributed by atoms with Gasteiger partial charge >= 0.3 is 5.69 Å². The van der Waals surface area contributed by atoms with Gasteiger partial charge in [-0.2, -0.15) is 4.39 Å². The van der Waals surface area contributed by atoms with Gasteiger partial charge in [0, 0.05) is 23.1 Å². The van der Waals surface area contributed by atoms with Crippen molar-refractivity contribution >= 4 is 40.6 Å². The molecule has 2 N–H and O–H groups in total. The lowest BCUT2D eigenvalue weighted by Crippen LogP contribution is -2.32. The number of benzene rings is 2. The van der Waals surface area contributed by atoms with Crippen LogP contribution >= 0.6 is 11.8 Å². The van der Waals surface area contributed by atoms with E-state index in [1.165, 1.54) is 17.8 Å². The second kappa shape index (κ2) is 6.89. The highest BCUT2D eigenvalue weighted by Crippen LogP contribution is 2.36. The van der Waals surface area contributed by atoms with Gasteiger partial charge in [0.2, 0.25) is 17.6 Å². The van der Waals surface area contributed by atoms with Gasteiger partial charge in [-0.3, -0.25) is 19.7 Å². The summed E-state index contributed by atoms with van der Waals surface area (Å²) in [6, 6.07) is 10.3. The molecule has 0 saturated heterocycles. The van der Waals surface area contributed by atoms with Crippen LogP contribution in [-0.4, -0.2) is 22.0 Å². The van der Waals surface area contributed by atoms with Crippen LogP contribution in [-0.2, 0) is 9.59 Å². The van der Waals surface area contributed by atoms with Crippen LogP contribution in [0.25, 0.3) is 0 Å². The summed E-state index contributed by atoms with van der Waals surface area (Å²) in [5.74, 6) is -1.77. The maximum absolute atomic E-state index is 13.3. The Morgan fingerprint density at radius 2 is 2.08 bits per heavy atom. The van der Waals surface area contributed by atoms with Crippen molar-refractivity contribution in [1.82, 2.24) is 0 Å². The molecular weight excluding hydrogens is 349 g/mol. The van der Waals surface area contributed by atoms with Gasteiger partial charge in [-0.1, -0.05) is 12.1 Å². The lowest BCUT2D eigenvalue weighted by molar-refractivity contribution is -0.387. The third kappa shape index (κ3) is 3.77. The molecule has 2 aromatic rings. The summed E-state index contributed by atoms with van der Waals surface area (Å²) in [6.45, 7) is 0. The van der Waals surface area contributed by atoms with Crippen LogP contribution < -0.4 is 10.6 Å². The fourth-order valence-corrected chi connectivity index (χ4v) is 3.45. The van der Waals surface area contributed by atoms with E-state index in [1.54, 1.807) is 12.1 Å². The molecule has 2 aromatic carbocycles. The zero-order chi connectivity index (χ0) is 18.0. The molecule has 0 unspecified atom stereocenters. The summed E-state index contributed by atoms with van der Waals surface area (Å²) in [7, 11) is 0. The fraction of sp³-hybridized carbons (Fsp3) is 0.125. The molecule has 0 bridgehead atoms. The minimum Gasteiger partial charge on any atom is -0.326 e. The molecule has 3 rings (SSSR count). The van der Waals surface area contributed by atoms with Gasteiger partial charge in [-0.05, 0) is 24.3 Å². The quantitative estimate of drug-likeness (QED) is 0.643. The Bertz CT molecular complexity index is 874. The average Bonchev–Trinajstić information content (AvgIpc) is 2.57. The second-order valence-corrected chi connectivity index (χ2v) is 6.51. The Morgan fingerprint density at radius 1 is 1.32 bits per heavy atom. The first kappa shape index (κ1) is 16.9. The van der Waals surface area contributed by atoms with Crippen molar-refractivity contribution in [3.05, 3.63) is 58.4 Å². The highest BCUT2D eigenvalue weighted by Gasteiger charge is 2.29. The number of hydrogen-bond donors (Lipinski definition) is 2. The topological polar surface area (TPSA) is 101 Å². The molecule has 0 aromatic heterocycles. The number of nitrogens with one attached hydrogen (secondary N) is 2. The second-order valence-electron chi connectivity index (χ2n) is 5.27. The van der Waals surface area contributed by atoms with Crippen LogP contribution in [0.3, 0.4) is 0 Å². The molecule has 2 amide bonds. The number of amides is 2. The molecule has 0 saturated carbocycles. The van der Waals surface area contributed by atoms with Crippen LogP contribution in [0.4, 0.5) is 21.5 Å². The van der Waals surface area contributed by atoms with Crippen molar-refractivity contribution in [1.29, 1.82) is 0 Å². The number of fused-ring (bicyclic) bond motifs is 1. The summed E-state index contributed by atoms with van der Waals surface area (Å²) in [6.07, 6.45) is -0.115. The van der Waals surface area contributed by atoms with Crippen molar-refractivity contribution in [3.8, 4) is 0 Å². The lowest BCUT2D eigenvalue weighted by Gasteiger charge is -2.23. The van der Waals surface area contributed by atoms with Crippen molar-refractivity contribution in [2.45, 2.75) is 16.6 Å². The molecule has 9 heteroatoms. The first-order chi connectivity index (χ1) is 11.9. The number of para-hydroxylation sites is 1. The Kier molecular flexibility index (Phi) is 4.66. The average molecular weight is 361 g/mol. The maximum Gasteiger partial charge on any atom is 0.306 e. The van der Waals surface area contributed by atoms with Crippen molar-refractivity contribution in [2.75, 3.05) is 10.6 Å². The summed E-state index contributed by atoms with van der Waals surface area (Å²) in [5, 5.41) is 15.3. The molecule has 1 atom stereocenters. The van der Waals surface area contributed by atoms with Crippen LogP contribution in [0, 0.1) is 15.9 Å². The smallest absolute Gasteiger partial charge is 0.306 e. The molecule has 0 spiro atoms. The standard InChI is InChI=1S/C16H12FN3O4S/c17-10-6-5-9(7-12(10)20(23)24)18-15(21)8-14-16(22)19-11-3-1-2-4-13(11)25-14/h1-7,14H,8H2,(H,18,21)(H,19,22)/t14-/m1/s1. The van der Waals surface area contributed by atoms with Crippen LogP contribution in [0.2, 0.25) is 0 Å². The molecule has 7 nitrogen and oxygen atoms in total. The number of thioether (sulfide) groups is 1. The van der Waals surface area contributed by atoms with E-state index >= 15 is 0 Å². The van der Waals surface area contributed by atoms with Crippen LogP contribution in [0.5, 0.6) is 0 Å². The van der Waals surface area contributed by atoms with E-state index in [4.69, 9.17) is 0 Å². The maximum atomic E-state index is 13.3. The molecule has 1 heterocycles. The summed E-state index contributed by atoms with van der Waals surface area (Å²) < 4.78 is 13.3. The highest BCUT2D eigenvalue weighted by atomic mass is 32.2. The number of hydrogen-bond acceptors (Lipinski definition) is 5. The van der Waals surface area contributed by atoms with Crippen LogP contribution in [0.15, 0.2) is 47.4 Å². The largest absolute Gasteiger partial charge is 0.326 e. The molecule has 128 valence electrons. The fourth-order valence-electron chi connectivity index (χ4n) is 2.34. The van der Waals surface area contributed by atoms with Crippen molar-refractivity contribution < 1.29 is 18.9 Å². The van der Waals surface area contributed by atoms with Gasteiger partial charge in [-0.15, -0.1) is 11.8 Å². The number of carbonyl (C=O) groups excluding carboxylic acids is 2. The van der Waals surface area contributed by atoms with Gasteiger partial charge in [0.15, 0.2) is 0 Å². The number of nitro benzene ring substituents is 1. The predicted octanol–water partition coefficient (Wildman–Crippen LogP) is 3.18. The van der Waals surface area contributed by atoms with Gasteiger partial charge in [0.1, 0.15) is 0 Å². The Morgan fingerprint density at radius 3 is 2.84 bits per heavy atom. The zero-order valence-corrected chi connectivity index (χ0v) is 13.5. The van der Waals surface area contributed by atoms with Crippen molar-refractivity contribution in [3.63, 3.8) is 0 Å². The van der Waals surface area contributed by atoms with E-state index in [1.807, 2.05) is 12.1 Å². The number of carbonyl (C=O) groups is 2. The predicted molar refractivity (Wildman–Crippen MR) is 91.0 cm³/mol. The summed E-state index contributed by atoms with van der Waals surface area (Å²) in [5.41, 5.74) is 0.0690. The third-order valence-corrected chi connectivity index (χ3v) is 4.78. The summed E-state index contributed by atoms with van der Waals surface area (Å²) >= 11 is 1.27. The van der Waals surface area contributed by atoms with Crippen LogP contribution in [0.1, 0.15) is 6.42 Å². The third-order valence-electron chi connectivity index (χ3n) is 3.50. The van der Waals surface area contributed by atoms with E-state index in [9.17, 15) is 24.1 Å². The minimum atomic E-state index is -0.984. The Labute approximate surface area is 145 Å². The SMILES string of the molecule is O=C(C[C@H]1Sc2ccccc2NC1=O)Nc1ccc(F)c([N+](=O)[O-])c1. The molecular formula is C16H12FN3O4S. The number of halogens is 1. The highest BCUT2D eigenvalue weighted by molar-refractivity contribution is 8.01. The van der Waals surface area contributed by atoms with E-state index in [0.29, 0.717) is 5.69 Å². The van der Waals surface area contributed by atoms with E-state index < -0.39 is 27.6 Å². The number of anilines is 2. The number of rotatable bonds is 4. The van der Waals surface area contributed by atoms with Gasteiger partial charge in [-0.25, -0.2) is 0 Å². The van der Waals surface area contributed by atoms with E-state index in [2.05, 4.69) is 10.6 Å². The Hall–Kier alpha value is -2.94.